The van der Waals surface area contributed by atoms with Gasteiger partial charge in [-0.1, -0.05) is 12.1 Å². The molecule has 7 heteroatoms. The molecule has 0 amide bonds. The highest BCUT2D eigenvalue weighted by Crippen LogP contribution is 2.17. The summed E-state index contributed by atoms with van der Waals surface area (Å²) in [4.78, 5) is 0. The van der Waals surface area contributed by atoms with Gasteiger partial charge in [-0.15, -0.1) is 12.4 Å². The van der Waals surface area contributed by atoms with Crippen LogP contribution in [0.25, 0.3) is 0 Å². The average molecular weight is 295 g/mol. The predicted octanol–water partition coefficient (Wildman–Crippen LogP) is 1.11. The van der Waals surface area contributed by atoms with E-state index in [-0.39, 0.29) is 24.2 Å². The molecule has 1 saturated heterocycles. The number of hydrogen-bond donors (Lipinski definition) is 1. The van der Waals surface area contributed by atoms with Gasteiger partial charge in [0, 0.05) is 19.1 Å². The molecule has 4 nitrogen and oxygen atoms in total. The highest BCUT2D eigenvalue weighted by atomic mass is 35.5. The van der Waals surface area contributed by atoms with Crippen LogP contribution in [0.3, 0.4) is 0 Å². The number of nitrogens with zero attached hydrogens (tertiary/aromatic N) is 1. The smallest absolute Gasteiger partial charge is 0.218 e. The second-order valence-corrected chi connectivity index (χ2v) is 6.26. The topological polar surface area (TPSA) is 63.4 Å². The zero-order valence-electron chi connectivity index (χ0n) is 9.75. The third kappa shape index (κ3) is 3.65. The van der Waals surface area contributed by atoms with Gasteiger partial charge in [-0.05, 0) is 24.1 Å². The highest BCUT2D eigenvalue weighted by Gasteiger charge is 2.29. The zero-order valence-corrected chi connectivity index (χ0v) is 11.4. The van der Waals surface area contributed by atoms with Crippen LogP contribution in [0.5, 0.6) is 0 Å². The standard InChI is InChI=1S/C11H15FN2O2S.ClH/c12-10-3-1-2-9(6-10)8-17(15,16)14-5-4-11(13)7-14;/h1-3,6,11H,4-5,7-8,13H2;1H/t11-;/m1./s1. The van der Waals surface area contributed by atoms with Crippen LogP contribution in [0.1, 0.15) is 12.0 Å². The number of hydrogen-bond acceptors (Lipinski definition) is 3. The molecule has 2 N–H and O–H groups in total. The van der Waals surface area contributed by atoms with Crippen LogP contribution < -0.4 is 5.73 Å². The maximum Gasteiger partial charge on any atom is 0.218 e. The lowest BCUT2D eigenvalue weighted by Crippen LogP contribution is -2.32. The van der Waals surface area contributed by atoms with Crippen molar-refractivity contribution in [2.24, 2.45) is 5.73 Å². The predicted molar refractivity (Wildman–Crippen MR) is 70.4 cm³/mol. The molecule has 2 rings (SSSR count). The van der Waals surface area contributed by atoms with Crippen LogP contribution in [0.4, 0.5) is 4.39 Å². The van der Waals surface area contributed by atoms with Gasteiger partial charge in [-0.25, -0.2) is 17.1 Å². The van der Waals surface area contributed by atoms with Crippen molar-refractivity contribution >= 4 is 22.4 Å². The van der Waals surface area contributed by atoms with Crippen molar-refractivity contribution < 1.29 is 12.8 Å². The van der Waals surface area contributed by atoms with Crippen LogP contribution in [0.2, 0.25) is 0 Å². The fourth-order valence-electron chi connectivity index (χ4n) is 1.94. The van der Waals surface area contributed by atoms with E-state index in [0.29, 0.717) is 25.1 Å². The van der Waals surface area contributed by atoms with Crippen LogP contribution in [0, 0.1) is 5.82 Å². The van der Waals surface area contributed by atoms with E-state index < -0.39 is 15.8 Å². The molecule has 0 aromatic heterocycles. The van der Waals surface area contributed by atoms with Gasteiger partial charge in [0.2, 0.25) is 10.0 Å². The molecule has 0 aliphatic carbocycles. The van der Waals surface area contributed by atoms with Gasteiger partial charge >= 0.3 is 0 Å². The lowest BCUT2D eigenvalue weighted by Gasteiger charge is -2.15. The van der Waals surface area contributed by atoms with E-state index in [2.05, 4.69) is 0 Å². The van der Waals surface area contributed by atoms with Crippen LogP contribution in [-0.2, 0) is 15.8 Å². The zero-order chi connectivity index (χ0) is 12.5. The molecule has 102 valence electrons. The fourth-order valence-corrected chi connectivity index (χ4v) is 3.52. The van der Waals surface area contributed by atoms with Crippen LogP contribution >= 0.6 is 12.4 Å². The summed E-state index contributed by atoms with van der Waals surface area (Å²) in [6, 6.07) is 5.57. The maximum atomic E-state index is 13.0. The third-order valence-corrected chi connectivity index (χ3v) is 4.64. The van der Waals surface area contributed by atoms with Crippen molar-refractivity contribution in [3.8, 4) is 0 Å². The van der Waals surface area contributed by atoms with E-state index in [4.69, 9.17) is 5.73 Å². The summed E-state index contributed by atoms with van der Waals surface area (Å²) < 4.78 is 38.3. The van der Waals surface area contributed by atoms with Crippen molar-refractivity contribution in [2.45, 2.75) is 18.2 Å². The van der Waals surface area contributed by atoms with E-state index in [1.54, 1.807) is 6.07 Å². The van der Waals surface area contributed by atoms with E-state index in [0.717, 1.165) is 0 Å². The van der Waals surface area contributed by atoms with Gasteiger partial charge in [0.25, 0.3) is 0 Å². The lowest BCUT2D eigenvalue weighted by molar-refractivity contribution is 0.471. The second kappa shape index (κ2) is 5.97. The Morgan fingerprint density at radius 2 is 2.17 bits per heavy atom. The number of sulfonamides is 1. The van der Waals surface area contributed by atoms with Gasteiger partial charge in [0.15, 0.2) is 0 Å². The molecule has 1 aromatic rings. The SMILES string of the molecule is Cl.N[C@@H]1CCN(S(=O)(=O)Cc2cccc(F)c2)C1. The maximum absolute atomic E-state index is 13.0. The van der Waals surface area contributed by atoms with Crippen LogP contribution in [-0.4, -0.2) is 31.9 Å². The quantitative estimate of drug-likeness (QED) is 0.908. The van der Waals surface area contributed by atoms with E-state index in [9.17, 15) is 12.8 Å². The van der Waals surface area contributed by atoms with Crippen LogP contribution in [0.15, 0.2) is 24.3 Å². The molecule has 0 unspecified atom stereocenters. The number of nitrogens with two attached hydrogens (primary N) is 1. The molecular weight excluding hydrogens is 279 g/mol. The summed E-state index contributed by atoms with van der Waals surface area (Å²) in [5.74, 6) is -0.590. The fraction of sp³-hybridized carbons (Fsp3) is 0.455. The van der Waals surface area contributed by atoms with Crippen molar-refractivity contribution in [1.82, 2.24) is 4.31 Å². The Hall–Kier alpha value is -0.690. The van der Waals surface area contributed by atoms with Gasteiger partial charge in [0.1, 0.15) is 5.82 Å². The Balaban J connectivity index is 0.00000162. The minimum Gasteiger partial charge on any atom is -0.326 e. The number of benzene rings is 1. The molecule has 0 saturated carbocycles. The van der Waals surface area contributed by atoms with Gasteiger partial charge in [0.05, 0.1) is 5.75 Å². The first-order chi connectivity index (χ1) is 7.97. The molecule has 1 heterocycles. The molecule has 0 spiro atoms. The minimum absolute atomic E-state index is 0. The monoisotopic (exact) mass is 294 g/mol. The van der Waals surface area contributed by atoms with Gasteiger partial charge in [-0.3, -0.25) is 0 Å². The summed E-state index contributed by atoms with van der Waals surface area (Å²) in [7, 11) is -3.38. The molecule has 1 atom stereocenters. The Morgan fingerprint density at radius 1 is 1.44 bits per heavy atom. The van der Waals surface area contributed by atoms with E-state index in [1.807, 2.05) is 0 Å². The normalized spacial score (nSPS) is 20.7. The summed E-state index contributed by atoms with van der Waals surface area (Å²) >= 11 is 0. The van der Waals surface area contributed by atoms with Crippen molar-refractivity contribution in [1.29, 1.82) is 0 Å². The highest BCUT2D eigenvalue weighted by molar-refractivity contribution is 7.88. The largest absolute Gasteiger partial charge is 0.326 e. The summed E-state index contributed by atoms with van der Waals surface area (Å²) in [6.07, 6.45) is 0.683. The number of halogens is 2. The summed E-state index contributed by atoms with van der Waals surface area (Å²) in [6.45, 7) is 0.816. The summed E-state index contributed by atoms with van der Waals surface area (Å²) in [5.41, 5.74) is 6.14. The lowest BCUT2D eigenvalue weighted by atomic mass is 10.2. The molecule has 1 aromatic carbocycles. The Labute approximate surface area is 112 Å². The second-order valence-electron chi connectivity index (χ2n) is 4.29. The Morgan fingerprint density at radius 3 is 2.72 bits per heavy atom. The molecule has 0 bridgehead atoms. The van der Waals surface area contributed by atoms with Gasteiger partial charge in [-0.2, -0.15) is 0 Å². The van der Waals surface area contributed by atoms with Crippen molar-refractivity contribution in [2.75, 3.05) is 13.1 Å². The van der Waals surface area contributed by atoms with Crippen molar-refractivity contribution in [3.05, 3.63) is 35.6 Å². The molecular formula is C11H16ClFN2O2S. The van der Waals surface area contributed by atoms with Crippen molar-refractivity contribution in [3.63, 3.8) is 0 Å². The van der Waals surface area contributed by atoms with E-state index >= 15 is 0 Å². The average Bonchev–Trinajstić information content (AvgIpc) is 2.65. The van der Waals surface area contributed by atoms with Gasteiger partial charge < -0.3 is 5.73 Å². The first-order valence-corrected chi connectivity index (χ1v) is 7.06. The summed E-state index contributed by atoms with van der Waals surface area (Å²) in [5, 5.41) is 0. The first-order valence-electron chi connectivity index (χ1n) is 5.45. The number of rotatable bonds is 3. The molecule has 1 aliphatic rings. The molecule has 1 aliphatic heterocycles. The Bertz CT molecular complexity index is 510. The first kappa shape index (κ1) is 15.4. The molecule has 0 radical (unpaired) electrons. The third-order valence-electron chi connectivity index (χ3n) is 2.82. The molecule has 18 heavy (non-hydrogen) atoms. The van der Waals surface area contributed by atoms with E-state index in [1.165, 1.54) is 22.5 Å². The Kier molecular flexibility index (Phi) is 5.10. The minimum atomic E-state index is -3.38. The molecule has 1 fully saturated rings.